The van der Waals surface area contributed by atoms with Crippen molar-refractivity contribution in [3.8, 4) is 11.6 Å². The van der Waals surface area contributed by atoms with E-state index >= 15 is 0 Å². The van der Waals surface area contributed by atoms with Crippen LogP contribution in [-0.2, 0) is 19.6 Å². The lowest BCUT2D eigenvalue weighted by molar-refractivity contribution is -0.140. The van der Waals surface area contributed by atoms with E-state index < -0.39 is 56.7 Å². The van der Waals surface area contributed by atoms with Gasteiger partial charge in [0.25, 0.3) is 11.8 Å². The summed E-state index contributed by atoms with van der Waals surface area (Å²) >= 11 is 0. The van der Waals surface area contributed by atoms with Crippen molar-refractivity contribution in [3.63, 3.8) is 0 Å². The third kappa shape index (κ3) is 6.65. The number of carbonyl (C=O) groups excluding carboxylic acids is 3. The molecule has 0 spiro atoms. The quantitative estimate of drug-likeness (QED) is 0.265. The number of urea groups is 1. The van der Waals surface area contributed by atoms with E-state index in [0.717, 1.165) is 15.7 Å². The minimum absolute atomic E-state index is 0.0416. The SMILES string of the molecule is C=C[C@@H]1C[C@@]1(C(=O)NS(=O)(=O)C1CC1)N(C(=O)C(Nc1ccccn1)C(C)C)C(=O)N1C[C@H](Oc2nccc3cc(OC)ccc23)CC1C. The normalized spacial score (nSPS) is 23.9. The second kappa shape index (κ2) is 13.3. The molecular formula is C35H42N6O7S. The molecule has 0 bridgehead atoms. The Morgan fingerprint density at radius 2 is 1.90 bits per heavy atom. The first-order chi connectivity index (χ1) is 23.4. The number of rotatable bonds is 12. The van der Waals surface area contributed by atoms with Gasteiger partial charge in [-0.25, -0.2) is 28.1 Å². The zero-order valence-corrected chi connectivity index (χ0v) is 28.9. The predicted molar refractivity (Wildman–Crippen MR) is 183 cm³/mol. The lowest BCUT2D eigenvalue weighted by Crippen LogP contribution is -2.63. The number of sulfonamides is 1. The maximum absolute atomic E-state index is 14.8. The molecule has 3 aliphatic rings. The summed E-state index contributed by atoms with van der Waals surface area (Å²) in [5.41, 5.74) is -1.79. The molecule has 3 aromatic rings. The molecular weight excluding hydrogens is 648 g/mol. The Balaban J connectivity index is 1.33. The molecule has 1 saturated heterocycles. The molecule has 3 heterocycles. The van der Waals surface area contributed by atoms with E-state index in [9.17, 15) is 22.8 Å². The molecule has 14 heteroatoms. The fourth-order valence-electron chi connectivity index (χ4n) is 6.54. The highest BCUT2D eigenvalue weighted by Crippen LogP contribution is 2.51. The number of carbonyl (C=O) groups is 3. The number of nitrogens with zero attached hydrogens (tertiary/aromatic N) is 4. The second-order valence-electron chi connectivity index (χ2n) is 13.4. The van der Waals surface area contributed by atoms with Gasteiger partial charge in [-0.15, -0.1) is 6.58 Å². The smallest absolute Gasteiger partial charge is 0.328 e. The van der Waals surface area contributed by atoms with Crippen LogP contribution in [0.2, 0.25) is 0 Å². The number of pyridine rings is 2. The van der Waals surface area contributed by atoms with E-state index in [-0.39, 0.29) is 24.9 Å². The fourth-order valence-corrected chi connectivity index (χ4v) is 7.90. The van der Waals surface area contributed by atoms with Gasteiger partial charge in [0.15, 0.2) is 0 Å². The zero-order valence-electron chi connectivity index (χ0n) is 28.0. The Labute approximate surface area is 286 Å². The summed E-state index contributed by atoms with van der Waals surface area (Å²) in [5.74, 6) is -1.08. The molecule has 3 fully saturated rings. The first kappa shape index (κ1) is 34.2. The van der Waals surface area contributed by atoms with Gasteiger partial charge in [-0.3, -0.25) is 14.3 Å². The third-order valence-corrected chi connectivity index (χ3v) is 11.4. The van der Waals surface area contributed by atoms with Gasteiger partial charge in [0, 0.05) is 36.2 Å². The van der Waals surface area contributed by atoms with Gasteiger partial charge in [0.2, 0.25) is 15.9 Å². The van der Waals surface area contributed by atoms with Gasteiger partial charge in [-0.2, -0.15) is 0 Å². The van der Waals surface area contributed by atoms with Crippen molar-refractivity contribution in [2.24, 2.45) is 11.8 Å². The standard InChI is InChI=1S/C35H42N6O7S/c1-6-24-19-35(24,33(43)39-49(45,46)27-11-12-27)41(32(42)30(21(2)3)38-29-9-7-8-15-36-29)34(44)40-20-26(17-22(40)4)48-31-28-13-10-25(47-5)18-23(28)14-16-37-31/h6-10,13-16,18,21-22,24,26-27,30H,1,11-12,17,19-20H2,2-5H3,(H,36,38)(H,39,43)/t22?,24-,26-,30?,35-/m1/s1. The summed E-state index contributed by atoms with van der Waals surface area (Å²) in [6.45, 7) is 9.44. The second-order valence-corrected chi connectivity index (χ2v) is 15.3. The van der Waals surface area contributed by atoms with Crippen molar-refractivity contribution in [3.05, 3.63) is 67.5 Å². The zero-order chi connectivity index (χ0) is 35.1. The van der Waals surface area contributed by atoms with Crippen LogP contribution in [-0.4, -0.2) is 88.7 Å². The Bertz CT molecular complexity index is 1870. The van der Waals surface area contributed by atoms with Crippen molar-refractivity contribution in [1.82, 2.24) is 24.5 Å². The lowest BCUT2D eigenvalue weighted by atomic mass is 10.0. The summed E-state index contributed by atoms with van der Waals surface area (Å²) in [6.07, 6.45) is 5.59. The highest BCUT2D eigenvalue weighted by molar-refractivity contribution is 7.91. The number of nitrogens with one attached hydrogen (secondary N) is 2. The lowest BCUT2D eigenvalue weighted by Gasteiger charge is -2.37. The van der Waals surface area contributed by atoms with Crippen molar-refractivity contribution in [2.75, 3.05) is 19.0 Å². The molecule has 13 nitrogen and oxygen atoms in total. The number of likely N-dealkylation sites (tertiary alicyclic amines) is 1. The minimum Gasteiger partial charge on any atom is -0.497 e. The molecule has 2 N–H and O–H groups in total. The number of fused-ring (bicyclic) bond motifs is 1. The molecule has 2 unspecified atom stereocenters. The average Bonchev–Trinajstić information content (AvgIpc) is 4.01. The van der Waals surface area contributed by atoms with Crippen LogP contribution in [0.3, 0.4) is 0 Å². The first-order valence-electron chi connectivity index (χ1n) is 16.5. The van der Waals surface area contributed by atoms with Crippen LogP contribution >= 0.6 is 0 Å². The van der Waals surface area contributed by atoms with Crippen molar-refractivity contribution >= 4 is 44.5 Å². The maximum atomic E-state index is 14.8. The van der Waals surface area contributed by atoms with Crippen LogP contribution in [0.25, 0.3) is 10.8 Å². The molecule has 1 aliphatic heterocycles. The fraction of sp³-hybridized carbons (Fsp3) is 0.457. The summed E-state index contributed by atoms with van der Waals surface area (Å²) in [5, 5.41) is 4.11. The Morgan fingerprint density at radius 1 is 1.12 bits per heavy atom. The highest BCUT2D eigenvalue weighted by Gasteiger charge is 2.68. The number of anilines is 1. The monoisotopic (exact) mass is 690 g/mol. The predicted octanol–water partition coefficient (Wildman–Crippen LogP) is 4.12. The molecule has 2 aromatic heterocycles. The number of hydrogen-bond donors (Lipinski definition) is 2. The van der Waals surface area contributed by atoms with E-state index in [2.05, 4.69) is 26.6 Å². The number of amides is 4. The van der Waals surface area contributed by atoms with E-state index in [1.165, 1.54) is 11.0 Å². The van der Waals surface area contributed by atoms with E-state index in [1.54, 1.807) is 37.7 Å². The highest BCUT2D eigenvalue weighted by atomic mass is 32.2. The maximum Gasteiger partial charge on any atom is 0.328 e. The Hall–Kier alpha value is -4.72. The van der Waals surface area contributed by atoms with Crippen molar-refractivity contribution < 1.29 is 32.3 Å². The molecule has 1 aromatic carbocycles. The average molecular weight is 691 g/mol. The molecule has 2 aliphatic carbocycles. The van der Waals surface area contributed by atoms with Gasteiger partial charge in [-0.05, 0) is 73.9 Å². The minimum atomic E-state index is -3.98. The summed E-state index contributed by atoms with van der Waals surface area (Å²) < 4.78 is 39.9. The van der Waals surface area contributed by atoms with Crippen LogP contribution < -0.4 is 19.5 Å². The van der Waals surface area contributed by atoms with Gasteiger partial charge in [-0.1, -0.05) is 26.0 Å². The molecule has 5 atom stereocenters. The molecule has 260 valence electrons. The topological polar surface area (TPSA) is 160 Å². The largest absolute Gasteiger partial charge is 0.497 e. The summed E-state index contributed by atoms with van der Waals surface area (Å²) in [4.78, 5) is 54.7. The van der Waals surface area contributed by atoms with Gasteiger partial charge >= 0.3 is 6.03 Å². The number of hydrogen-bond acceptors (Lipinski definition) is 10. The number of methoxy groups -OCH3 is 1. The number of benzene rings is 1. The van der Waals surface area contributed by atoms with Crippen LogP contribution in [0, 0.1) is 11.8 Å². The van der Waals surface area contributed by atoms with Crippen LogP contribution in [0.1, 0.15) is 46.5 Å². The first-order valence-corrected chi connectivity index (χ1v) is 18.0. The van der Waals surface area contributed by atoms with E-state index in [4.69, 9.17) is 9.47 Å². The number of aromatic nitrogens is 2. The van der Waals surface area contributed by atoms with Crippen molar-refractivity contribution in [2.45, 2.75) is 75.4 Å². The number of ether oxygens (including phenoxy) is 2. The summed E-state index contributed by atoms with van der Waals surface area (Å²) in [6, 6.07) is 10.5. The van der Waals surface area contributed by atoms with E-state index in [1.807, 2.05) is 45.0 Å². The Morgan fingerprint density at radius 3 is 2.53 bits per heavy atom. The van der Waals surface area contributed by atoms with E-state index in [0.29, 0.717) is 36.7 Å². The van der Waals surface area contributed by atoms with Crippen LogP contribution in [0.5, 0.6) is 11.6 Å². The molecule has 6 rings (SSSR count). The molecule has 4 amide bonds. The molecule has 0 radical (unpaired) electrons. The van der Waals surface area contributed by atoms with Crippen LogP contribution in [0.15, 0.2) is 67.5 Å². The molecule has 2 saturated carbocycles. The molecule has 49 heavy (non-hydrogen) atoms. The van der Waals surface area contributed by atoms with Crippen molar-refractivity contribution in [1.29, 1.82) is 0 Å². The van der Waals surface area contributed by atoms with Gasteiger partial charge in [0.05, 0.1) is 18.9 Å². The van der Waals surface area contributed by atoms with Crippen LogP contribution in [0.4, 0.5) is 10.6 Å². The van der Waals surface area contributed by atoms with Gasteiger partial charge < -0.3 is 19.7 Å². The number of imide groups is 1. The van der Waals surface area contributed by atoms with Gasteiger partial charge in [0.1, 0.15) is 29.3 Å². The summed E-state index contributed by atoms with van der Waals surface area (Å²) in [7, 11) is -2.39. The Kier molecular flexibility index (Phi) is 9.27. The third-order valence-electron chi connectivity index (χ3n) is 9.57.